The lowest BCUT2D eigenvalue weighted by Gasteiger charge is -2.19. The molecule has 0 spiro atoms. The average molecular weight is 389 g/mol. The smallest absolute Gasteiger partial charge is 0.335 e. The van der Waals surface area contributed by atoms with Crippen molar-refractivity contribution in [3.05, 3.63) is 53.9 Å². The summed E-state index contributed by atoms with van der Waals surface area (Å²) in [4.78, 5) is 41.6. The second-order valence-electron chi connectivity index (χ2n) is 5.61. The molecule has 1 aromatic heterocycles. The van der Waals surface area contributed by atoms with Gasteiger partial charge in [-0.3, -0.25) is 14.6 Å². The molecule has 1 atom stereocenters. The van der Waals surface area contributed by atoms with Crippen molar-refractivity contribution in [3.8, 4) is 0 Å². The molecule has 7 heteroatoms. The number of allylic oxidation sites excluding steroid dienone is 3. The van der Waals surface area contributed by atoms with Gasteiger partial charge in [0.15, 0.2) is 5.92 Å². The van der Waals surface area contributed by atoms with Gasteiger partial charge in [0.05, 0.1) is 25.4 Å². The molecule has 1 heterocycles. The maximum absolute atomic E-state index is 12.6. The highest BCUT2D eigenvalue weighted by atomic mass is 16.6. The fourth-order valence-corrected chi connectivity index (χ4v) is 2.55. The van der Waals surface area contributed by atoms with Gasteiger partial charge in [0.25, 0.3) is 0 Å². The summed E-state index contributed by atoms with van der Waals surface area (Å²) in [7, 11) is 0. The zero-order valence-corrected chi connectivity index (χ0v) is 16.7. The van der Waals surface area contributed by atoms with E-state index in [2.05, 4.69) is 4.98 Å². The quantitative estimate of drug-likeness (QED) is 0.200. The Morgan fingerprint density at radius 3 is 1.96 bits per heavy atom. The highest BCUT2D eigenvalue weighted by Gasteiger charge is 2.38. The molecule has 0 amide bonds. The van der Waals surface area contributed by atoms with Crippen LogP contribution in [0.4, 0.5) is 0 Å². The topological polar surface area (TPSA) is 91.8 Å². The Morgan fingerprint density at radius 2 is 1.50 bits per heavy atom. The highest BCUT2D eigenvalue weighted by molar-refractivity contribution is 6.07. The van der Waals surface area contributed by atoms with Crippen LogP contribution in [-0.2, 0) is 28.6 Å². The van der Waals surface area contributed by atoms with Gasteiger partial charge in [0.2, 0.25) is 0 Å². The van der Waals surface area contributed by atoms with Crippen molar-refractivity contribution in [2.75, 3.05) is 19.8 Å². The van der Waals surface area contributed by atoms with Gasteiger partial charge in [-0.05, 0) is 45.4 Å². The predicted molar refractivity (Wildman–Crippen MR) is 103 cm³/mol. The van der Waals surface area contributed by atoms with Crippen LogP contribution in [-0.4, -0.2) is 42.7 Å². The Bertz CT molecular complexity index is 693. The monoisotopic (exact) mass is 389 g/mol. The number of nitrogens with zero attached hydrogens (tertiary/aromatic N) is 1. The van der Waals surface area contributed by atoms with Gasteiger partial charge in [-0.15, -0.1) is 0 Å². The minimum atomic E-state index is -1.52. The highest BCUT2D eigenvalue weighted by Crippen LogP contribution is 2.26. The van der Waals surface area contributed by atoms with E-state index in [9.17, 15) is 14.4 Å². The number of carbonyl (C=O) groups is 3. The first-order valence-electron chi connectivity index (χ1n) is 9.24. The molecule has 0 saturated carbocycles. The van der Waals surface area contributed by atoms with Crippen LogP contribution in [0.15, 0.2) is 48.3 Å². The number of esters is 3. The van der Waals surface area contributed by atoms with Crippen LogP contribution in [0, 0.1) is 5.92 Å². The lowest BCUT2D eigenvalue weighted by molar-refractivity contribution is -0.162. The van der Waals surface area contributed by atoms with Crippen molar-refractivity contribution < 1.29 is 28.6 Å². The third-order valence-corrected chi connectivity index (χ3v) is 3.72. The van der Waals surface area contributed by atoms with Crippen LogP contribution in [0.5, 0.6) is 0 Å². The van der Waals surface area contributed by atoms with E-state index in [1.165, 1.54) is 6.08 Å². The van der Waals surface area contributed by atoms with Crippen molar-refractivity contribution in [1.82, 2.24) is 4.98 Å². The molecular formula is C21H27NO6. The Balaban J connectivity index is 3.51. The molecule has 0 aliphatic heterocycles. The van der Waals surface area contributed by atoms with Gasteiger partial charge in [-0.1, -0.05) is 18.2 Å². The molecule has 0 radical (unpaired) electrons. The van der Waals surface area contributed by atoms with E-state index in [0.29, 0.717) is 0 Å². The molecule has 0 aromatic carbocycles. The van der Waals surface area contributed by atoms with E-state index in [-0.39, 0.29) is 31.3 Å². The maximum atomic E-state index is 12.6. The van der Waals surface area contributed by atoms with Crippen LogP contribution in [0.3, 0.4) is 0 Å². The molecule has 0 bridgehead atoms. The summed E-state index contributed by atoms with van der Waals surface area (Å²) in [5, 5.41) is 0. The molecular weight excluding hydrogens is 362 g/mol. The SMILES string of the molecule is CC=CC(C=C(C(=O)OCC)C(C(=O)OCC)C(=O)OCC)c1ccncc1. The van der Waals surface area contributed by atoms with E-state index in [1.54, 1.807) is 45.3 Å². The third kappa shape index (κ3) is 6.64. The molecule has 1 aromatic rings. The Morgan fingerprint density at radius 1 is 0.964 bits per heavy atom. The summed E-state index contributed by atoms with van der Waals surface area (Å²) in [6, 6.07) is 3.57. The molecule has 1 rings (SSSR count). The first-order valence-corrected chi connectivity index (χ1v) is 9.24. The van der Waals surface area contributed by atoms with Crippen molar-refractivity contribution >= 4 is 17.9 Å². The zero-order valence-electron chi connectivity index (χ0n) is 16.7. The molecule has 7 nitrogen and oxygen atoms in total. The predicted octanol–water partition coefficient (Wildman–Crippen LogP) is 2.97. The number of hydrogen-bond acceptors (Lipinski definition) is 7. The van der Waals surface area contributed by atoms with Crippen molar-refractivity contribution in [3.63, 3.8) is 0 Å². The lowest BCUT2D eigenvalue weighted by Crippen LogP contribution is -2.33. The molecule has 1 unspecified atom stereocenters. The number of pyridine rings is 1. The van der Waals surface area contributed by atoms with E-state index in [4.69, 9.17) is 14.2 Å². The number of aromatic nitrogens is 1. The molecule has 0 N–H and O–H groups in total. The van der Waals surface area contributed by atoms with Gasteiger partial charge in [-0.25, -0.2) is 4.79 Å². The van der Waals surface area contributed by atoms with E-state index in [1.807, 2.05) is 19.1 Å². The van der Waals surface area contributed by atoms with Crippen molar-refractivity contribution in [2.24, 2.45) is 5.92 Å². The van der Waals surface area contributed by atoms with Gasteiger partial charge < -0.3 is 14.2 Å². The third-order valence-electron chi connectivity index (χ3n) is 3.72. The van der Waals surface area contributed by atoms with E-state index < -0.39 is 23.8 Å². The van der Waals surface area contributed by atoms with E-state index >= 15 is 0 Å². The van der Waals surface area contributed by atoms with Gasteiger partial charge >= 0.3 is 17.9 Å². The average Bonchev–Trinajstić information content (AvgIpc) is 2.68. The first-order chi connectivity index (χ1) is 13.5. The number of hydrogen-bond donors (Lipinski definition) is 0. The summed E-state index contributed by atoms with van der Waals surface area (Å²) in [5.74, 6) is -4.37. The Hall–Kier alpha value is -2.96. The first kappa shape index (κ1) is 23.1. The normalized spacial score (nSPS) is 12.7. The molecule has 152 valence electrons. The summed E-state index contributed by atoms with van der Waals surface area (Å²) < 4.78 is 15.1. The maximum Gasteiger partial charge on any atom is 0.335 e. The van der Waals surface area contributed by atoms with Crippen LogP contribution >= 0.6 is 0 Å². The minimum absolute atomic E-state index is 0.0630. The molecule has 0 aliphatic carbocycles. The van der Waals surface area contributed by atoms with Crippen LogP contribution in [0.1, 0.15) is 39.2 Å². The largest absolute Gasteiger partial charge is 0.465 e. The fraction of sp³-hybridized carbons (Fsp3) is 0.429. The van der Waals surface area contributed by atoms with Crippen molar-refractivity contribution in [2.45, 2.75) is 33.6 Å². The Kier molecular flexibility index (Phi) is 10.2. The summed E-state index contributed by atoms with van der Waals surface area (Å²) in [5.41, 5.74) is 0.722. The van der Waals surface area contributed by atoms with Crippen LogP contribution in [0.2, 0.25) is 0 Å². The van der Waals surface area contributed by atoms with Gasteiger partial charge in [0.1, 0.15) is 0 Å². The van der Waals surface area contributed by atoms with E-state index in [0.717, 1.165) is 5.56 Å². The van der Waals surface area contributed by atoms with Crippen LogP contribution in [0.25, 0.3) is 0 Å². The van der Waals surface area contributed by atoms with Crippen molar-refractivity contribution in [1.29, 1.82) is 0 Å². The molecule has 0 aliphatic rings. The summed E-state index contributed by atoms with van der Waals surface area (Å²) in [6.07, 6.45) is 8.43. The second kappa shape index (κ2) is 12.4. The Labute approximate surface area is 165 Å². The second-order valence-corrected chi connectivity index (χ2v) is 5.61. The number of rotatable bonds is 10. The summed E-state index contributed by atoms with van der Waals surface area (Å²) >= 11 is 0. The van der Waals surface area contributed by atoms with Gasteiger partial charge in [0, 0.05) is 18.3 Å². The molecule has 0 fully saturated rings. The van der Waals surface area contributed by atoms with Crippen LogP contribution < -0.4 is 0 Å². The fourth-order valence-electron chi connectivity index (χ4n) is 2.55. The zero-order chi connectivity index (χ0) is 20.9. The standard InChI is InChI=1S/C21H27NO6/c1-5-9-16(15-10-12-22-13-11-15)14-17(19(23)26-6-2)18(20(24)27-7-3)21(25)28-8-4/h5,9-14,16,18H,6-8H2,1-4H3. The van der Waals surface area contributed by atoms with Gasteiger partial charge in [-0.2, -0.15) is 0 Å². The minimum Gasteiger partial charge on any atom is -0.465 e. The number of ether oxygens (including phenoxy) is 3. The lowest BCUT2D eigenvalue weighted by atomic mass is 9.91. The summed E-state index contributed by atoms with van der Waals surface area (Å²) in [6.45, 7) is 6.94. The molecule has 0 saturated heterocycles. The number of carbonyl (C=O) groups excluding carboxylic acids is 3. The molecule has 28 heavy (non-hydrogen) atoms.